The Morgan fingerprint density at radius 3 is 3.07 bits per heavy atom. The molecule has 3 nitrogen and oxygen atoms in total. The Morgan fingerprint density at radius 2 is 2.47 bits per heavy atom. The number of nitrogens with zero attached hydrogens (tertiary/aromatic N) is 1. The van der Waals surface area contributed by atoms with Gasteiger partial charge in [-0.25, -0.2) is 0 Å². The number of carbonyl (C=O) groups excluding carboxylic acids is 1. The molecule has 1 aromatic rings. The molecule has 0 bridgehead atoms. The predicted molar refractivity (Wildman–Crippen MR) is 64.9 cm³/mol. The van der Waals surface area contributed by atoms with Gasteiger partial charge in [-0.15, -0.1) is 23.7 Å². The Morgan fingerprint density at radius 1 is 1.67 bits per heavy atom. The Labute approximate surface area is 99.9 Å². The molecule has 1 fully saturated rings. The number of piperazine rings is 1. The van der Waals surface area contributed by atoms with Crippen molar-refractivity contribution < 1.29 is 4.79 Å². The van der Waals surface area contributed by atoms with E-state index in [0.717, 1.165) is 24.5 Å². The normalized spacial score (nSPS) is 20.9. The Bertz CT molecular complexity index is 315. The highest BCUT2D eigenvalue weighted by Crippen LogP contribution is 2.13. The summed E-state index contributed by atoms with van der Waals surface area (Å²) in [6.07, 6.45) is 0. The van der Waals surface area contributed by atoms with Crippen molar-refractivity contribution in [2.75, 3.05) is 19.6 Å². The van der Waals surface area contributed by atoms with Crippen LogP contribution < -0.4 is 5.32 Å². The molecule has 5 heteroatoms. The summed E-state index contributed by atoms with van der Waals surface area (Å²) in [5.74, 6) is 0.174. The molecular weight excluding hydrogens is 232 g/mol. The third kappa shape index (κ3) is 2.93. The molecule has 15 heavy (non-hydrogen) atoms. The van der Waals surface area contributed by atoms with E-state index in [1.54, 1.807) is 0 Å². The van der Waals surface area contributed by atoms with Gasteiger partial charge in [-0.3, -0.25) is 4.79 Å². The second-order valence-corrected chi connectivity index (χ2v) is 4.53. The smallest absolute Gasteiger partial charge is 0.264 e. The predicted octanol–water partition coefficient (Wildman–Crippen LogP) is 1.60. The van der Waals surface area contributed by atoms with Crippen molar-refractivity contribution in [2.24, 2.45) is 0 Å². The highest BCUT2D eigenvalue weighted by atomic mass is 35.5. The molecule has 1 aliphatic rings. The number of rotatable bonds is 1. The van der Waals surface area contributed by atoms with E-state index in [1.807, 2.05) is 22.4 Å². The molecule has 2 rings (SSSR count). The van der Waals surface area contributed by atoms with E-state index in [-0.39, 0.29) is 18.3 Å². The van der Waals surface area contributed by atoms with Crippen LogP contribution in [0.25, 0.3) is 0 Å². The molecule has 0 radical (unpaired) electrons. The minimum atomic E-state index is 0. The van der Waals surface area contributed by atoms with Crippen LogP contribution in [0.1, 0.15) is 16.6 Å². The summed E-state index contributed by atoms with van der Waals surface area (Å²) in [5, 5.41) is 5.26. The van der Waals surface area contributed by atoms with Gasteiger partial charge < -0.3 is 10.2 Å². The Kier molecular flexibility index (Phi) is 4.57. The van der Waals surface area contributed by atoms with Crippen molar-refractivity contribution >= 4 is 29.7 Å². The lowest BCUT2D eigenvalue weighted by Crippen LogP contribution is -2.51. The van der Waals surface area contributed by atoms with Gasteiger partial charge in [-0.05, 0) is 18.4 Å². The van der Waals surface area contributed by atoms with Crippen molar-refractivity contribution in [3.63, 3.8) is 0 Å². The van der Waals surface area contributed by atoms with Gasteiger partial charge in [0.25, 0.3) is 5.91 Å². The molecule has 1 aliphatic heterocycles. The van der Waals surface area contributed by atoms with Gasteiger partial charge in [-0.1, -0.05) is 6.07 Å². The van der Waals surface area contributed by atoms with Crippen LogP contribution in [0.4, 0.5) is 0 Å². The summed E-state index contributed by atoms with van der Waals surface area (Å²) in [6.45, 7) is 4.64. The number of carbonyl (C=O) groups is 1. The highest BCUT2D eigenvalue weighted by Gasteiger charge is 2.21. The number of hydrogen-bond acceptors (Lipinski definition) is 3. The van der Waals surface area contributed by atoms with Gasteiger partial charge in [0, 0.05) is 25.7 Å². The van der Waals surface area contributed by atoms with Gasteiger partial charge in [-0.2, -0.15) is 0 Å². The molecule has 0 saturated carbocycles. The number of nitrogens with one attached hydrogen (secondary N) is 1. The van der Waals surface area contributed by atoms with Crippen LogP contribution in [0.5, 0.6) is 0 Å². The molecule has 1 unspecified atom stereocenters. The van der Waals surface area contributed by atoms with E-state index in [9.17, 15) is 4.79 Å². The van der Waals surface area contributed by atoms with Crippen molar-refractivity contribution in [3.8, 4) is 0 Å². The summed E-state index contributed by atoms with van der Waals surface area (Å²) in [4.78, 5) is 14.7. The van der Waals surface area contributed by atoms with Crippen LogP contribution in [0.2, 0.25) is 0 Å². The van der Waals surface area contributed by atoms with Crippen LogP contribution in [-0.4, -0.2) is 36.5 Å². The molecule has 0 aliphatic carbocycles. The van der Waals surface area contributed by atoms with Crippen molar-refractivity contribution in [1.82, 2.24) is 10.2 Å². The van der Waals surface area contributed by atoms with Crippen molar-refractivity contribution in [2.45, 2.75) is 13.0 Å². The lowest BCUT2D eigenvalue weighted by Gasteiger charge is -2.31. The summed E-state index contributed by atoms with van der Waals surface area (Å²) in [5.41, 5.74) is 0. The first-order valence-electron chi connectivity index (χ1n) is 4.83. The zero-order chi connectivity index (χ0) is 9.97. The first-order chi connectivity index (χ1) is 6.77. The zero-order valence-electron chi connectivity index (χ0n) is 8.60. The molecule has 1 atom stereocenters. The average molecular weight is 247 g/mol. The van der Waals surface area contributed by atoms with Crippen LogP contribution in [0, 0.1) is 0 Å². The van der Waals surface area contributed by atoms with Gasteiger partial charge in [0.1, 0.15) is 0 Å². The lowest BCUT2D eigenvalue weighted by molar-refractivity contribution is 0.0714. The summed E-state index contributed by atoms with van der Waals surface area (Å²) in [7, 11) is 0. The van der Waals surface area contributed by atoms with Gasteiger partial charge >= 0.3 is 0 Å². The molecule has 1 N–H and O–H groups in total. The SMILES string of the molecule is CC1CN(C(=O)c2cccs2)CCN1.Cl. The van der Waals surface area contributed by atoms with E-state index in [2.05, 4.69) is 12.2 Å². The average Bonchev–Trinajstić information content (AvgIpc) is 2.69. The zero-order valence-corrected chi connectivity index (χ0v) is 10.2. The standard InChI is InChI=1S/C10H14N2OS.ClH/c1-8-7-12(5-4-11-8)10(13)9-3-2-6-14-9;/h2-3,6,8,11H,4-5,7H2,1H3;1H. The quantitative estimate of drug-likeness (QED) is 0.817. The molecule has 1 saturated heterocycles. The summed E-state index contributed by atoms with van der Waals surface area (Å²) < 4.78 is 0. The summed E-state index contributed by atoms with van der Waals surface area (Å²) in [6, 6.07) is 4.22. The van der Waals surface area contributed by atoms with E-state index in [4.69, 9.17) is 0 Å². The molecule has 2 heterocycles. The molecule has 84 valence electrons. The maximum atomic E-state index is 11.9. The molecule has 1 aromatic heterocycles. The third-order valence-corrected chi connectivity index (χ3v) is 3.25. The van der Waals surface area contributed by atoms with E-state index in [1.165, 1.54) is 11.3 Å². The van der Waals surface area contributed by atoms with Gasteiger partial charge in [0.05, 0.1) is 4.88 Å². The third-order valence-electron chi connectivity index (χ3n) is 2.39. The molecule has 0 aromatic carbocycles. The molecule has 1 amide bonds. The number of thiophene rings is 1. The summed E-state index contributed by atoms with van der Waals surface area (Å²) >= 11 is 1.51. The fourth-order valence-electron chi connectivity index (χ4n) is 1.67. The van der Waals surface area contributed by atoms with Crippen LogP contribution in [0.3, 0.4) is 0 Å². The number of hydrogen-bond donors (Lipinski definition) is 1. The van der Waals surface area contributed by atoms with E-state index < -0.39 is 0 Å². The fraction of sp³-hybridized carbons (Fsp3) is 0.500. The molecular formula is C10H15ClN2OS. The van der Waals surface area contributed by atoms with E-state index >= 15 is 0 Å². The van der Waals surface area contributed by atoms with E-state index in [0.29, 0.717) is 6.04 Å². The van der Waals surface area contributed by atoms with Crippen LogP contribution in [0.15, 0.2) is 17.5 Å². The minimum Gasteiger partial charge on any atom is -0.335 e. The minimum absolute atomic E-state index is 0. The van der Waals surface area contributed by atoms with Crippen LogP contribution in [-0.2, 0) is 0 Å². The lowest BCUT2D eigenvalue weighted by atomic mass is 10.2. The topological polar surface area (TPSA) is 32.3 Å². The van der Waals surface area contributed by atoms with Crippen molar-refractivity contribution in [1.29, 1.82) is 0 Å². The first-order valence-corrected chi connectivity index (χ1v) is 5.71. The maximum Gasteiger partial charge on any atom is 0.264 e. The second kappa shape index (κ2) is 5.49. The largest absolute Gasteiger partial charge is 0.335 e. The van der Waals surface area contributed by atoms with Gasteiger partial charge in [0.15, 0.2) is 0 Å². The van der Waals surface area contributed by atoms with Crippen molar-refractivity contribution in [3.05, 3.63) is 22.4 Å². The monoisotopic (exact) mass is 246 g/mol. The molecule has 0 spiro atoms. The fourth-order valence-corrected chi connectivity index (χ4v) is 2.36. The second-order valence-electron chi connectivity index (χ2n) is 3.58. The highest BCUT2D eigenvalue weighted by molar-refractivity contribution is 7.12. The number of halogens is 1. The van der Waals surface area contributed by atoms with Crippen LogP contribution >= 0.6 is 23.7 Å². The first kappa shape index (κ1) is 12.5. The maximum absolute atomic E-state index is 11.9. The Hall–Kier alpha value is -0.580. The Balaban J connectivity index is 0.00000112. The number of amides is 1. The van der Waals surface area contributed by atoms with Gasteiger partial charge in [0.2, 0.25) is 0 Å².